The molecule has 0 amide bonds. The van der Waals surface area contributed by atoms with Gasteiger partial charge in [0.05, 0.1) is 0 Å². The summed E-state index contributed by atoms with van der Waals surface area (Å²) in [6.45, 7) is 10.7. The minimum atomic E-state index is -0.542. The van der Waals surface area contributed by atoms with Crippen LogP contribution in [0.3, 0.4) is 0 Å². The van der Waals surface area contributed by atoms with Crippen molar-refractivity contribution in [1.29, 1.82) is 0 Å². The summed E-state index contributed by atoms with van der Waals surface area (Å²) < 4.78 is 5.03. The van der Waals surface area contributed by atoms with Crippen LogP contribution in [0, 0.1) is 0 Å². The number of rotatable bonds is 4. The molecule has 1 heteroatoms. The van der Waals surface area contributed by atoms with Gasteiger partial charge in [0, 0.05) is 7.11 Å². The highest BCUT2D eigenvalue weighted by Crippen LogP contribution is 2.12. The molecule has 0 bridgehead atoms. The van der Waals surface area contributed by atoms with Crippen molar-refractivity contribution in [3.8, 4) is 0 Å². The lowest BCUT2D eigenvalue weighted by Crippen LogP contribution is -2.21. The van der Waals surface area contributed by atoms with Crippen LogP contribution in [0.1, 0.15) is 0 Å². The number of ether oxygens (including phenoxy) is 1. The first kappa shape index (κ1) is 8.18. The summed E-state index contributed by atoms with van der Waals surface area (Å²) in [5, 5.41) is 0. The summed E-state index contributed by atoms with van der Waals surface area (Å²) >= 11 is 0. The van der Waals surface area contributed by atoms with E-state index in [0.29, 0.717) is 0 Å². The van der Waals surface area contributed by atoms with Crippen LogP contribution in [0.25, 0.3) is 0 Å². The zero-order valence-electron chi connectivity index (χ0n) is 5.76. The third kappa shape index (κ3) is 1.54. The van der Waals surface area contributed by atoms with Crippen LogP contribution in [-0.4, -0.2) is 12.7 Å². The molecule has 0 saturated heterocycles. The van der Waals surface area contributed by atoms with Gasteiger partial charge in [-0.25, -0.2) is 0 Å². The highest BCUT2D eigenvalue weighted by atomic mass is 16.5. The molecule has 0 unspecified atom stereocenters. The highest BCUT2D eigenvalue weighted by Gasteiger charge is 2.14. The van der Waals surface area contributed by atoms with Crippen molar-refractivity contribution in [3.05, 3.63) is 38.0 Å². The third-order valence-electron chi connectivity index (χ3n) is 1.31. The normalized spacial score (nSPS) is 10.3. The topological polar surface area (TPSA) is 9.23 Å². The largest absolute Gasteiger partial charge is 0.366 e. The van der Waals surface area contributed by atoms with Gasteiger partial charge in [-0.3, -0.25) is 0 Å². The zero-order chi connectivity index (χ0) is 7.33. The second-order valence-electron chi connectivity index (χ2n) is 1.67. The molecule has 0 aliphatic heterocycles. The van der Waals surface area contributed by atoms with Crippen LogP contribution >= 0.6 is 0 Å². The summed E-state index contributed by atoms with van der Waals surface area (Å²) in [4.78, 5) is 0. The average Bonchev–Trinajstić information content (AvgIpc) is 1.95. The molecule has 0 aromatic carbocycles. The lowest BCUT2D eigenvalue weighted by Gasteiger charge is -2.19. The SMILES string of the molecule is C=CC(C=C)(C=C)OC. The van der Waals surface area contributed by atoms with Crippen LogP contribution in [0.4, 0.5) is 0 Å². The Morgan fingerprint density at radius 1 is 1.11 bits per heavy atom. The Morgan fingerprint density at radius 3 is 1.44 bits per heavy atom. The van der Waals surface area contributed by atoms with Gasteiger partial charge in [-0.1, -0.05) is 38.0 Å². The first-order valence-corrected chi connectivity index (χ1v) is 2.70. The van der Waals surface area contributed by atoms with E-state index in [-0.39, 0.29) is 0 Å². The summed E-state index contributed by atoms with van der Waals surface area (Å²) in [5.41, 5.74) is -0.542. The maximum atomic E-state index is 5.03. The fraction of sp³-hybridized carbons (Fsp3) is 0.250. The molecular weight excluding hydrogens is 112 g/mol. The molecule has 0 aliphatic carbocycles. The first-order valence-electron chi connectivity index (χ1n) is 2.70. The van der Waals surface area contributed by atoms with E-state index in [1.165, 1.54) is 0 Å². The van der Waals surface area contributed by atoms with Crippen molar-refractivity contribution >= 4 is 0 Å². The molecule has 0 spiro atoms. The fourth-order valence-electron chi connectivity index (χ4n) is 0.500. The van der Waals surface area contributed by atoms with Gasteiger partial charge in [-0.05, 0) is 0 Å². The lowest BCUT2D eigenvalue weighted by atomic mass is 10.1. The van der Waals surface area contributed by atoms with Crippen molar-refractivity contribution in [2.75, 3.05) is 7.11 Å². The van der Waals surface area contributed by atoms with Gasteiger partial charge in [0.15, 0.2) is 0 Å². The quantitative estimate of drug-likeness (QED) is 0.520. The first-order chi connectivity index (χ1) is 4.24. The van der Waals surface area contributed by atoms with E-state index >= 15 is 0 Å². The zero-order valence-corrected chi connectivity index (χ0v) is 5.76. The standard InChI is InChI=1S/C8H12O/c1-5-8(6-2,7-3)9-4/h5-7H,1-3H2,4H3. The highest BCUT2D eigenvalue weighted by molar-refractivity contribution is 5.19. The van der Waals surface area contributed by atoms with Gasteiger partial charge in [-0.15, -0.1) is 0 Å². The van der Waals surface area contributed by atoms with Crippen LogP contribution in [-0.2, 0) is 4.74 Å². The Labute approximate surface area is 56.3 Å². The summed E-state index contributed by atoms with van der Waals surface area (Å²) in [6, 6.07) is 0. The van der Waals surface area contributed by atoms with Gasteiger partial charge < -0.3 is 4.74 Å². The minimum Gasteiger partial charge on any atom is -0.366 e. The molecule has 0 aromatic rings. The van der Waals surface area contributed by atoms with Gasteiger partial charge >= 0.3 is 0 Å². The van der Waals surface area contributed by atoms with Crippen molar-refractivity contribution in [3.63, 3.8) is 0 Å². The monoisotopic (exact) mass is 124 g/mol. The number of hydrogen-bond donors (Lipinski definition) is 0. The number of methoxy groups -OCH3 is 1. The van der Waals surface area contributed by atoms with Crippen molar-refractivity contribution in [2.45, 2.75) is 5.60 Å². The Balaban J connectivity index is 4.34. The third-order valence-corrected chi connectivity index (χ3v) is 1.31. The van der Waals surface area contributed by atoms with E-state index in [1.807, 2.05) is 0 Å². The Morgan fingerprint density at radius 2 is 1.44 bits per heavy atom. The predicted molar refractivity (Wildman–Crippen MR) is 40.3 cm³/mol. The Bertz CT molecular complexity index is 103. The van der Waals surface area contributed by atoms with Crippen molar-refractivity contribution in [2.24, 2.45) is 0 Å². The molecule has 0 saturated carbocycles. The van der Waals surface area contributed by atoms with E-state index in [0.717, 1.165) is 0 Å². The average molecular weight is 124 g/mol. The van der Waals surface area contributed by atoms with Crippen LogP contribution in [0.2, 0.25) is 0 Å². The maximum absolute atomic E-state index is 5.03. The Hall–Kier alpha value is -0.820. The van der Waals surface area contributed by atoms with Crippen molar-refractivity contribution in [1.82, 2.24) is 0 Å². The molecule has 0 heterocycles. The molecule has 0 radical (unpaired) electrons. The molecule has 0 fully saturated rings. The van der Waals surface area contributed by atoms with E-state index < -0.39 is 5.60 Å². The molecule has 0 aliphatic rings. The second kappa shape index (κ2) is 3.25. The molecule has 1 nitrogen and oxygen atoms in total. The van der Waals surface area contributed by atoms with Crippen LogP contribution in [0.15, 0.2) is 38.0 Å². The molecule has 50 valence electrons. The second-order valence-corrected chi connectivity index (χ2v) is 1.67. The minimum absolute atomic E-state index is 0.542. The van der Waals surface area contributed by atoms with Gasteiger partial charge in [0.25, 0.3) is 0 Å². The van der Waals surface area contributed by atoms with E-state index in [4.69, 9.17) is 4.74 Å². The van der Waals surface area contributed by atoms with Gasteiger partial charge in [0.2, 0.25) is 0 Å². The van der Waals surface area contributed by atoms with Crippen LogP contribution in [0.5, 0.6) is 0 Å². The molecule has 9 heavy (non-hydrogen) atoms. The smallest absolute Gasteiger partial charge is 0.121 e. The van der Waals surface area contributed by atoms with E-state index in [9.17, 15) is 0 Å². The van der Waals surface area contributed by atoms with Crippen molar-refractivity contribution < 1.29 is 4.74 Å². The summed E-state index contributed by atoms with van der Waals surface area (Å²) in [6.07, 6.45) is 4.94. The van der Waals surface area contributed by atoms with Crippen LogP contribution < -0.4 is 0 Å². The molecule has 0 aromatic heterocycles. The lowest BCUT2D eigenvalue weighted by molar-refractivity contribution is 0.116. The summed E-state index contributed by atoms with van der Waals surface area (Å²) in [7, 11) is 1.59. The molecule has 0 N–H and O–H groups in total. The Kier molecular flexibility index (Phi) is 2.96. The van der Waals surface area contributed by atoms with Gasteiger partial charge in [-0.2, -0.15) is 0 Å². The fourth-order valence-corrected chi connectivity index (χ4v) is 0.500. The molecule has 0 rings (SSSR count). The predicted octanol–water partition coefficient (Wildman–Crippen LogP) is 1.93. The molecule has 0 atom stereocenters. The number of hydrogen-bond acceptors (Lipinski definition) is 1. The maximum Gasteiger partial charge on any atom is 0.121 e. The van der Waals surface area contributed by atoms with E-state index in [1.54, 1.807) is 25.3 Å². The van der Waals surface area contributed by atoms with Gasteiger partial charge in [0.1, 0.15) is 5.60 Å². The van der Waals surface area contributed by atoms with E-state index in [2.05, 4.69) is 19.7 Å². The molecular formula is C8H12O. The summed E-state index contributed by atoms with van der Waals surface area (Å²) in [5.74, 6) is 0.